The van der Waals surface area contributed by atoms with Gasteiger partial charge in [-0.3, -0.25) is 9.59 Å². The lowest BCUT2D eigenvalue weighted by Crippen LogP contribution is -2.29. The Labute approximate surface area is 110 Å². The Bertz CT molecular complexity index is 406. The number of aromatic nitrogens is 1. The van der Waals surface area contributed by atoms with Crippen molar-refractivity contribution in [2.45, 2.75) is 20.3 Å². The Morgan fingerprint density at radius 2 is 2.22 bits per heavy atom. The first-order valence-electron chi connectivity index (χ1n) is 5.76. The third-order valence-electron chi connectivity index (χ3n) is 1.96. The molecule has 0 unspecified atom stereocenters. The highest BCUT2D eigenvalue weighted by Crippen LogP contribution is 2.15. The summed E-state index contributed by atoms with van der Waals surface area (Å²) >= 11 is 1.36. The molecule has 1 amide bonds. The van der Waals surface area contributed by atoms with Gasteiger partial charge in [0.05, 0.1) is 25.3 Å². The molecule has 6 nitrogen and oxygen atoms in total. The van der Waals surface area contributed by atoms with E-state index in [1.165, 1.54) is 11.3 Å². The molecule has 1 aromatic heterocycles. The highest BCUT2D eigenvalue weighted by Gasteiger charge is 2.08. The van der Waals surface area contributed by atoms with Crippen LogP contribution in [0, 0.1) is 0 Å². The van der Waals surface area contributed by atoms with Crippen LogP contribution < -0.4 is 10.6 Å². The quantitative estimate of drug-likeness (QED) is 0.717. The van der Waals surface area contributed by atoms with Crippen LogP contribution >= 0.6 is 11.3 Å². The number of esters is 1. The van der Waals surface area contributed by atoms with Crippen molar-refractivity contribution in [2.75, 3.05) is 25.0 Å². The Morgan fingerprint density at radius 1 is 1.44 bits per heavy atom. The number of nitrogens with zero attached hydrogens (tertiary/aromatic N) is 1. The molecule has 1 heterocycles. The maximum absolute atomic E-state index is 11.2. The Kier molecular flexibility index (Phi) is 6.13. The molecule has 0 aromatic carbocycles. The third kappa shape index (κ3) is 5.13. The molecule has 0 aliphatic rings. The summed E-state index contributed by atoms with van der Waals surface area (Å²) in [5, 5.41) is 7.97. The molecule has 0 aliphatic carbocycles. The zero-order chi connectivity index (χ0) is 13.4. The fourth-order valence-corrected chi connectivity index (χ4v) is 1.95. The van der Waals surface area contributed by atoms with Crippen molar-refractivity contribution in [3.8, 4) is 0 Å². The van der Waals surface area contributed by atoms with Crippen LogP contribution in [0.2, 0.25) is 0 Å². The van der Waals surface area contributed by atoms with Crippen molar-refractivity contribution in [2.24, 2.45) is 0 Å². The molecular formula is C11H17N3O3S. The zero-order valence-electron chi connectivity index (χ0n) is 10.5. The summed E-state index contributed by atoms with van der Waals surface area (Å²) in [4.78, 5) is 26.6. The van der Waals surface area contributed by atoms with Gasteiger partial charge in [0.2, 0.25) is 5.91 Å². The summed E-state index contributed by atoms with van der Waals surface area (Å²) < 4.78 is 4.83. The van der Waals surface area contributed by atoms with Crippen LogP contribution in [0.1, 0.15) is 19.5 Å². The summed E-state index contributed by atoms with van der Waals surface area (Å²) in [5.74, 6) is -0.377. The molecule has 1 aromatic rings. The maximum Gasteiger partial charge on any atom is 0.311 e. The predicted molar refractivity (Wildman–Crippen MR) is 69.6 cm³/mol. The van der Waals surface area contributed by atoms with E-state index in [0.717, 1.165) is 0 Å². The molecule has 0 spiro atoms. The van der Waals surface area contributed by atoms with Gasteiger partial charge in [-0.05, 0) is 13.8 Å². The van der Waals surface area contributed by atoms with Crippen molar-refractivity contribution >= 4 is 28.3 Å². The Hall–Kier alpha value is -1.63. The SMILES string of the molecule is CCNC(=O)CNc1nc(CC(=O)OCC)cs1. The number of thiazole rings is 1. The van der Waals surface area contributed by atoms with Crippen LogP contribution in [0.4, 0.5) is 5.13 Å². The molecule has 18 heavy (non-hydrogen) atoms. The lowest BCUT2D eigenvalue weighted by molar-refractivity contribution is -0.142. The molecule has 0 radical (unpaired) electrons. The van der Waals surface area contributed by atoms with Crippen LogP contribution in [0.15, 0.2) is 5.38 Å². The normalized spacial score (nSPS) is 9.89. The molecule has 100 valence electrons. The number of hydrogen-bond donors (Lipinski definition) is 2. The van der Waals surface area contributed by atoms with E-state index in [1.54, 1.807) is 12.3 Å². The van der Waals surface area contributed by atoms with E-state index >= 15 is 0 Å². The molecule has 0 fully saturated rings. The minimum absolute atomic E-state index is 0.0837. The lowest BCUT2D eigenvalue weighted by atomic mass is 10.3. The molecule has 0 atom stereocenters. The first-order chi connectivity index (χ1) is 8.65. The van der Waals surface area contributed by atoms with Gasteiger partial charge in [-0.1, -0.05) is 0 Å². The molecular weight excluding hydrogens is 254 g/mol. The number of carbonyl (C=O) groups is 2. The van der Waals surface area contributed by atoms with Gasteiger partial charge in [-0.2, -0.15) is 0 Å². The van der Waals surface area contributed by atoms with Crippen LogP contribution in [-0.2, 0) is 20.7 Å². The van der Waals surface area contributed by atoms with E-state index in [0.29, 0.717) is 24.0 Å². The number of likely N-dealkylation sites (N-methyl/N-ethyl adjacent to an activating group) is 1. The van der Waals surface area contributed by atoms with Crippen LogP contribution in [0.3, 0.4) is 0 Å². The third-order valence-corrected chi connectivity index (χ3v) is 2.81. The molecule has 2 N–H and O–H groups in total. The van der Waals surface area contributed by atoms with Gasteiger partial charge in [0.1, 0.15) is 0 Å². The van der Waals surface area contributed by atoms with Gasteiger partial charge in [-0.25, -0.2) is 4.98 Å². The van der Waals surface area contributed by atoms with E-state index in [9.17, 15) is 9.59 Å². The summed E-state index contributed by atoms with van der Waals surface area (Å²) in [7, 11) is 0. The minimum Gasteiger partial charge on any atom is -0.466 e. The van der Waals surface area contributed by atoms with E-state index in [4.69, 9.17) is 4.74 Å². The number of carbonyl (C=O) groups excluding carboxylic acids is 2. The van der Waals surface area contributed by atoms with Crippen LogP contribution in [0.5, 0.6) is 0 Å². The van der Waals surface area contributed by atoms with E-state index in [-0.39, 0.29) is 24.8 Å². The van der Waals surface area contributed by atoms with E-state index < -0.39 is 0 Å². The van der Waals surface area contributed by atoms with E-state index in [2.05, 4.69) is 15.6 Å². The summed E-state index contributed by atoms with van der Waals surface area (Å²) in [6, 6.07) is 0. The van der Waals surface area contributed by atoms with Crippen molar-refractivity contribution in [1.29, 1.82) is 0 Å². The topological polar surface area (TPSA) is 80.3 Å². The molecule has 0 saturated carbocycles. The fourth-order valence-electron chi connectivity index (χ4n) is 1.24. The minimum atomic E-state index is -0.293. The highest BCUT2D eigenvalue weighted by atomic mass is 32.1. The number of anilines is 1. The van der Waals surface area contributed by atoms with Crippen molar-refractivity contribution in [1.82, 2.24) is 10.3 Å². The van der Waals surface area contributed by atoms with Crippen molar-refractivity contribution in [3.05, 3.63) is 11.1 Å². The molecule has 0 bridgehead atoms. The highest BCUT2D eigenvalue weighted by molar-refractivity contribution is 7.13. The van der Waals surface area contributed by atoms with E-state index in [1.807, 2.05) is 6.92 Å². The second-order valence-corrected chi connectivity index (χ2v) is 4.29. The smallest absolute Gasteiger partial charge is 0.311 e. The molecule has 0 aliphatic heterocycles. The zero-order valence-corrected chi connectivity index (χ0v) is 11.3. The van der Waals surface area contributed by atoms with Gasteiger partial charge >= 0.3 is 5.97 Å². The first kappa shape index (κ1) is 14.4. The standard InChI is InChI=1S/C11H17N3O3S/c1-3-12-9(15)6-13-11-14-8(7-18-11)5-10(16)17-4-2/h7H,3-6H2,1-2H3,(H,12,15)(H,13,14). The Balaban J connectivity index is 2.38. The average Bonchev–Trinajstić information content (AvgIpc) is 2.75. The number of rotatable bonds is 7. The monoisotopic (exact) mass is 271 g/mol. The molecule has 0 saturated heterocycles. The summed E-state index contributed by atoms with van der Waals surface area (Å²) in [6.07, 6.45) is 0.160. The lowest BCUT2D eigenvalue weighted by Gasteiger charge is -2.02. The number of hydrogen-bond acceptors (Lipinski definition) is 6. The summed E-state index contributed by atoms with van der Waals surface area (Å²) in [6.45, 7) is 4.77. The van der Waals surface area contributed by atoms with Gasteiger partial charge in [0.25, 0.3) is 0 Å². The van der Waals surface area contributed by atoms with Gasteiger partial charge in [0, 0.05) is 11.9 Å². The van der Waals surface area contributed by atoms with Gasteiger partial charge < -0.3 is 15.4 Å². The number of amides is 1. The second-order valence-electron chi connectivity index (χ2n) is 3.43. The average molecular weight is 271 g/mol. The number of ether oxygens (including phenoxy) is 1. The first-order valence-corrected chi connectivity index (χ1v) is 6.64. The van der Waals surface area contributed by atoms with Gasteiger partial charge in [0.15, 0.2) is 5.13 Å². The van der Waals surface area contributed by atoms with Gasteiger partial charge in [-0.15, -0.1) is 11.3 Å². The predicted octanol–water partition coefficient (Wildman–Crippen LogP) is 0.797. The van der Waals surface area contributed by atoms with Crippen LogP contribution in [0.25, 0.3) is 0 Å². The van der Waals surface area contributed by atoms with Crippen molar-refractivity contribution < 1.29 is 14.3 Å². The largest absolute Gasteiger partial charge is 0.466 e. The maximum atomic E-state index is 11.2. The molecule has 1 rings (SSSR count). The number of nitrogens with one attached hydrogen (secondary N) is 2. The fraction of sp³-hybridized carbons (Fsp3) is 0.545. The summed E-state index contributed by atoms with van der Waals surface area (Å²) in [5.41, 5.74) is 0.650. The second kappa shape index (κ2) is 7.65. The molecule has 7 heteroatoms. The Morgan fingerprint density at radius 3 is 2.89 bits per heavy atom. The van der Waals surface area contributed by atoms with Crippen LogP contribution in [-0.4, -0.2) is 36.6 Å². The van der Waals surface area contributed by atoms with Crippen molar-refractivity contribution in [3.63, 3.8) is 0 Å².